The first kappa shape index (κ1) is 21.7. The Bertz CT molecular complexity index is 976. The van der Waals surface area contributed by atoms with E-state index >= 15 is 0 Å². The van der Waals surface area contributed by atoms with E-state index in [4.69, 9.17) is 22.4 Å². The van der Waals surface area contributed by atoms with Crippen LogP contribution < -0.4 is 15.4 Å². The summed E-state index contributed by atoms with van der Waals surface area (Å²) in [7, 11) is -0.859. The lowest BCUT2D eigenvalue weighted by Gasteiger charge is -2.16. The molecule has 28 heavy (non-hydrogen) atoms. The van der Waals surface area contributed by atoms with Crippen molar-refractivity contribution < 1.29 is 13.2 Å². The van der Waals surface area contributed by atoms with Crippen molar-refractivity contribution >= 4 is 39.0 Å². The van der Waals surface area contributed by atoms with Crippen molar-refractivity contribution in [2.24, 2.45) is 0 Å². The number of amidine groups is 1. The van der Waals surface area contributed by atoms with Crippen LogP contribution in [0, 0.1) is 5.41 Å². The number of aromatic nitrogens is 2. The Labute approximate surface area is 169 Å². The van der Waals surface area contributed by atoms with E-state index < -0.39 is 10.0 Å². The van der Waals surface area contributed by atoms with Gasteiger partial charge in [0.25, 0.3) is 0 Å². The van der Waals surface area contributed by atoms with Crippen molar-refractivity contribution in [3.63, 3.8) is 0 Å². The summed E-state index contributed by atoms with van der Waals surface area (Å²) in [5, 5.41) is 13.5. The third kappa shape index (κ3) is 5.44. The van der Waals surface area contributed by atoms with Crippen LogP contribution in [0.25, 0.3) is 0 Å². The SMILES string of the molecule is CC(C)Oc1ccnc(C(=N)NC(=S)Nc2ncccc2S(=O)(=O)N(C)C)c1. The molecule has 0 aliphatic rings. The van der Waals surface area contributed by atoms with Crippen LogP contribution >= 0.6 is 12.2 Å². The number of ether oxygens (including phenoxy) is 1. The van der Waals surface area contributed by atoms with Crippen molar-refractivity contribution in [1.82, 2.24) is 19.6 Å². The second-order valence-electron chi connectivity index (χ2n) is 6.14. The van der Waals surface area contributed by atoms with E-state index in [1.165, 1.54) is 38.6 Å². The van der Waals surface area contributed by atoms with Gasteiger partial charge in [0, 0.05) is 32.6 Å². The molecule has 2 aromatic heterocycles. The zero-order valence-corrected chi connectivity index (χ0v) is 17.6. The van der Waals surface area contributed by atoms with E-state index in [0.29, 0.717) is 11.4 Å². The number of anilines is 1. The maximum Gasteiger partial charge on any atom is 0.246 e. The molecule has 0 aliphatic heterocycles. The maximum absolute atomic E-state index is 12.4. The van der Waals surface area contributed by atoms with Gasteiger partial charge in [-0.25, -0.2) is 17.7 Å². The van der Waals surface area contributed by atoms with Crippen molar-refractivity contribution in [3.05, 3.63) is 42.4 Å². The molecule has 0 aliphatic carbocycles. The van der Waals surface area contributed by atoms with Gasteiger partial charge in [0.1, 0.15) is 16.3 Å². The van der Waals surface area contributed by atoms with Crippen LogP contribution in [0.15, 0.2) is 41.6 Å². The molecule has 0 fully saturated rings. The lowest BCUT2D eigenvalue weighted by atomic mass is 10.3. The molecule has 9 nitrogen and oxygen atoms in total. The molecule has 0 radical (unpaired) electrons. The quantitative estimate of drug-likeness (QED) is 0.366. The Morgan fingerprint density at radius 3 is 2.61 bits per heavy atom. The normalized spacial score (nSPS) is 11.4. The van der Waals surface area contributed by atoms with Gasteiger partial charge in [-0.3, -0.25) is 10.4 Å². The molecule has 2 rings (SSSR count). The molecule has 150 valence electrons. The average Bonchev–Trinajstić information content (AvgIpc) is 2.61. The topological polar surface area (TPSA) is 120 Å². The number of rotatable bonds is 6. The molecular weight excluding hydrogens is 400 g/mol. The van der Waals surface area contributed by atoms with Gasteiger partial charge >= 0.3 is 0 Å². The lowest BCUT2D eigenvalue weighted by Crippen LogP contribution is -2.35. The zero-order chi connectivity index (χ0) is 20.9. The predicted octanol–water partition coefficient (Wildman–Crippen LogP) is 1.83. The fourth-order valence-electron chi connectivity index (χ4n) is 2.10. The van der Waals surface area contributed by atoms with Gasteiger partial charge in [0.05, 0.1) is 6.10 Å². The summed E-state index contributed by atoms with van der Waals surface area (Å²) in [6.45, 7) is 3.80. The number of thiocarbonyl (C=S) groups is 1. The minimum absolute atomic E-state index is 0.0101. The summed E-state index contributed by atoms with van der Waals surface area (Å²) >= 11 is 5.19. The number of nitrogens with zero attached hydrogens (tertiary/aromatic N) is 3. The molecule has 2 aromatic rings. The van der Waals surface area contributed by atoms with Gasteiger partial charge in [0.2, 0.25) is 10.0 Å². The van der Waals surface area contributed by atoms with Crippen LogP contribution in [0.3, 0.4) is 0 Å². The number of nitrogens with one attached hydrogen (secondary N) is 3. The van der Waals surface area contributed by atoms with E-state index in [1.807, 2.05) is 13.8 Å². The first-order valence-corrected chi connectivity index (χ1v) is 10.1. The third-order valence-corrected chi connectivity index (χ3v) is 5.41. The van der Waals surface area contributed by atoms with Crippen LogP contribution in [0.2, 0.25) is 0 Å². The van der Waals surface area contributed by atoms with Crippen LogP contribution in [0.1, 0.15) is 19.5 Å². The largest absolute Gasteiger partial charge is 0.491 e. The average molecular weight is 423 g/mol. The number of hydrogen-bond acceptors (Lipinski definition) is 7. The smallest absolute Gasteiger partial charge is 0.246 e. The Hall–Kier alpha value is -2.63. The Morgan fingerprint density at radius 2 is 1.96 bits per heavy atom. The zero-order valence-electron chi connectivity index (χ0n) is 15.9. The Morgan fingerprint density at radius 1 is 1.25 bits per heavy atom. The summed E-state index contributed by atoms with van der Waals surface area (Å²) in [6.07, 6.45) is 2.96. The van der Waals surface area contributed by atoms with E-state index in [9.17, 15) is 8.42 Å². The lowest BCUT2D eigenvalue weighted by molar-refractivity contribution is 0.242. The molecule has 0 aromatic carbocycles. The van der Waals surface area contributed by atoms with Crippen LogP contribution in [-0.4, -0.2) is 53.8 Å². The molecule has 3 N–H and O–H groups in total. The Balaban J connectivity index is 2.14. The third-order valence-electron chi connectivity index (χ3n) is 3.36. The minimum Gasteiger partial charge on any atom is -0.491 e. The second kappa shape index (κ2) is 9.04. The highest BCUT2D eigenvalue weighted by atomic mass is 32.2. The van der Waals surface area contributed by atoms with E-state index in [0.717, 1.165) is 4.31 Å². The molecular formula is C17H22N6O3S2. The summed E-state index contributed by atoms with van der Waals surface area (Å²) in [5.74, 6) is 0.570. The number of sulfonamides is 1. The fourth-order valence-corrected chi connectivity index (χ4v) is 3.29. The molecule has 0 atom stereocenters. The molecule has 0 amide bonds. The highest BCUT2D eigenvalue weighted by Crippen LogP contribution is 2.20. The second-order valence-corrected chi connectivity index (χ2v) is 8.66. The number of hydrogen-bond donors (Lipinski definition) is 3. The predicted molar refractivity (Wildman–Crippen MR) is 111 cm³/mol. The standard InChI is InChI=1S/C17H22N6O3S2/c1-11(2)26-12-7-9-19-13(10-12)15(18)21-17(27)22-16-14(6-5-8-20-16)28(24,25)23(3)4/h5-11H,1-4H3,(H3,18,20,21,22,27). The highest BCUT2D eigenvalue weighted by molar-refractivity contribution is 7.89. The van der Waals surface area contributed by atoms with Gasteiger partial charge in [-0.15, -0.1) is 0 Å². The monoisotopic (exact) mass is 422 g/mol. The summed E-state index contributed by atoms with van der Waals surface area (Å²) in [5.41, 5.74) is 0.324. The molecule has 0 saturated carbocycles. The summed E-state index contributed by atoms with van der Waals surface area (Å²) in [4.78, 5) is 8.13. The molecule has 0 unspecified atom stereocenters. The summed E-state index contributed by atoms with van der Waals surface area (Å²) in [6, 6.07) is 6.25. The van der Waals surface area contributed by atoms with Gasteiger partial charge in [-0.2, -0.15) is 0 Å². The van der Waals surface area contributed by atoms with E-state index in [1.54, 1.807) is 12.1 Å². The first-order valence-electron chi connectivity index (χ1n) is 8.28. The van der Waals surface area contributed by atoms with Crippen LogP contribution in [0.4, 0.5) is 5.82 Å². The molecule has 2 heterocycles. The Kier molecular flexibility index (Phi) is 7.00. The molecule has 11 heteroatoms. The highest BCUT2D eigenvalue weighted by Gasteiger charge is 2.22. The maximum atomic E-state index is 12.4. The van der Waals surface area contributed by atoms with Gasteiger partial charge < -0.3 is 15.4 Å². The van der Waals surface area contributed by atoms with Crippen LogP contribution in [0.5, 0.6) is 5.75 Å². The van der Waals surface area contributed by atoms with Crippen molar-refractivity contribution in [1.29, 1.82) is 5.41 Å². The van der Waals surface area contributed by atoms with E-state index in [2.05, 4.69) is 20.6 Å². The molecule has 0 bridgehead atoms. The minimum atomic E-state index is -3.71. The first-order chi connectivity index (χ1) is 13.1. The van der Waals surface area contributed by atoms with Crippen molar-refractivity contribution in [2.45, 2.75) is 24.8 Å². The van der Waals surface area contributed by atoms with Gasteiger partial charge in [-0.1, -0.05) is 0 Å². The van der Waals surface area contributed by atoms with Gasteiger partial charge in [0.15, 0.2) is 16.8 Å². The van der Waals surface area contributed by atoms with E-state index in [-0.39, 0.29) is 27.8 Å². The van der Waals surface area contributed by atoms with Gasteiger partial charge in [-0.05, 0) is 44.3 Å². The number of pyridine rings is 2. The van der Waals surface area contributed by atoms with Crippen molar-refractivity contribution in [2.75, 3.05) is 19.4 Å². The fraction of sp³-hybridized carbons (Fsp3) is 0.294. The summed E-state index contributed by atoms with van der Waals surface area (Å²) < 4.78 is 31.5. The van der Waals surface area contributed by atoms with Crippen molar-refractivity contribution in [3.8, 4) is 5.75 Å². The molecule has 0 saturated heterocycles. The molecule has 0 spiro atoms. The van der Waals surface area contributed by atoms with Crippen LogP contribution in [-0.2, 0) is 10.0 Å².